The first-order valence-corrected chi connectivity index (χ1v) is 21.2. The summed E-state index contributed by atoms with van der Waals surface area (Å²) in [5.41, 5.74) is 5.01. The van der Waals surface area contributed by atoms with E-state index in [1.54, 1.807) is 132 Å². The Hall–Kier alpha value is -7.22. The highest BCUT2D eigenvalue weighted by Crippen LogP contribution is 2.33. The maximum atomic E-state index is 13.3. The molecule has 8 rings (SSSR count). The summed E-state index contributed by atoms with van der Waals surface area (Å²) in [6.45, 7) is 12.0. The molecule has 0 aromatic heterocycles. The third-order valence-corrected chi connectivity index (χ3v) is 10.6. The predicted octanol–water partition coefficient (Wildman–Crippen LogP) is 9.27. The van der Waals surface area contributed by atoms with Gasteiger partial charge in [-0.3, -0.25) is 29.8 Å². The third-order valence-electron chi connectivity index (χ3n) is 10.6. The second-order valence-corrected chi connectivity index (χ2v) is 16.9. The molecule has 326 valence electrons. The standard InChI is InChI=1S/C25H27N3O4.C24H25N3O4/c1-25(2,3)32-24(31)27-17-12-10-16(11-13-17)26-20-21(28-14-6-7-15-28)23(30)19-9-5-4-8-18(19)22(20)29;1-15(2)31-24(30)26-17-11-9-16(10-12-17)25-20-21(27-13-5-6-14-27)23(29)19-8-4-3-7-18(19)22(20)28/h4-5,8-13,26H,6-7,14-15H2,1-3H3,(H,27,31);3-4,7-12,15,25H,5-6,13-14H2,1-2H3,(H,26,30). The van der Waals surface area contributed by atoms with Gasteiger partial charge in [0.2, 0.25) is 23.1 Å². The number of hydrogen-bond acceptors (Lipinski definition) is 12. The number of hydrogen-bond donors (Lipinski definition) is 4. The molecule has 2 fully saturated rings. The Bertz CT molecular complexity index is 2490. The van der Waals surface area contributed by atoms with Crippen LogP contribution in [0.15, 0.2) is 120 Å². The van der Waals surface area contributed by atoms with Crippen LogP contribution in [0.5, 0.6) is 0 Å². The summed E-state index contributed by atoms with van der Waals surface area (Å²) in [5.74, 6) is -0.653. The van der Waals surface area contributed by atoms with Gasteiger partial charge in [-0.15, -0.1) is 0 Å². The summed E-state index contributed by atoms with van der Waals surface area (Å²) < 4.78 is 10.3. The van der Waals surface area contributed by atoms with Crippen LogP contribution in [0.4, 0.5) is 32.3 Å². The van der Waals surface area contributed by atoms with Crippen LogP contribution in [0.3, 0.4) is 0 Å². The molecule has 2 aliphatic carbocycles. The van der Waals surface area contributed by atoms with Crippen molar-refractivity contribution in [3.63, 3.8) is 0 Å². The van der Waals surface area contributed by atoms with Gasteiger partial charge in [-0.2, -0.15) is 0 Å². The second-order valence-electron chi connectivity index (χ2n) is 16.9. The zero-order valence-electron chi connectivity index (χ0n) is 36.1. The summed E-state index contributed by atoms with van der Waals surface area (Å²) in [5, 5.41) is 11.7. The number of carbonyl (C=O) groups is 6. The number of likely N-dealkylation sites (tertiary alicyclic amines) is 2. The fourth-order valence-corrected chi connectivity index (χ4v) is 7.79. The number of carbonyl (C=O) groups excluding carboxylic acids is 6. The molecule has 0 bridgehead atoms. The monoisotopic (exact) mass is 852 g/mol. The van der Waals surface area contributed by atoms with E-state index in [2.05, 4.69) is 21.3 Å². The van der Waals surface area contributed by atoms with Crippen molar-refractivity contribution >= 4 is 58.1 Å². The second kappa shape index (κ2) is 18.8. The molecule has 4 aliphatic rings. The lowest BCUT2D eigenvalue weighted by atomic mass is 9.89. The van der Waals surface area contributed by atoms with Gasteiger partial charge in [0, 0.05) is 71.2 Å². The summed E-state index contributed by atoms with van der Waals surface area (Å²) >= 11 is 0. The lowest BCUT2D eigenvalue weighted by Crippen LogP contribution is -2.35. The fourth-order valence-electron chi connectivity index (χ4n) is 7.79. The molecule has 4 aromatic rings. The van der Waals surface area contributed by atoms with E-state index in [1.165, 1.54) is 0 Å². The molecule has 2 amide bonds. The molecular weight excluding hydrogens is 801 g/mol. The Morgan fingerprint density at radius 2 is 0.841 bits per heavy atom. The van der Waals surface area contributed by atoms with Gasteiger partial charge in [-0.1, -0.05) is 48.5 Å². The lowest BCUT2D eigenvalue weighted by Gasteiger charge is -2.28. The minimum Gasteiger partial charge on any atom is -0.447 e. The van der Waals surface area contributed by atoms with Crippen LogP contribution in [0.1, 0.15) is 102 Å². The van der Waals surface area contributed by atoms with Gasteiger partial charge in [0.05, 0.1) is 6.10 Å². The maximum Gasteiger partial charge on any atom is 0.412 e. The van der Waals surface area contributed by atoms with Gasteiger partial charge in [0.15, 0.2) is 0 Å². The molecule has 0 radical (unpaired) electrons. The number of anilines is 4. The topological polar surface area (TPSA) is 175 Å². The number of amides is 2. The highest BCUT2D eigenvalue weighted by atomic mass is 16.6. The summed E-state index contributed by atoms with van der Waals surface area (Å²) in [6, 6.07) is 27.7. The minimum atomic E-state index is -0.589. The normalized spacial score (nSPS) is 16.0. The van der Waals surface area contributed by atoms with Gasteiger partial charge in [-0.05, 0) is 109 Å². The molecule has 2 heterocycles. The van der Waals surface area contributed by atoms with Crippen LogP contribution in [0.2, 0.25) is 0 Å². The number of fused-ring (bicyclic) bond motifs is 2. The quantitative estimate of drug-likeness (QED) is 0.126. The molecule has 14 heteroatoms. The van der Waals surface area contributed by atoms with Crippen LogP contribution in [0.25, 0.3) is 0 Å². The van der Waals surface area contributed by atoms with E-state index in [0.29, 0.717) is 67.8 Å². The van der Waals surface area contributed by atoms with Gasteiger partial charge in [0.1, 0.15) is 28.4 Å². The zero-order valence-corrected chi connectivity index (χ0v) is 36.1. The minimum absolute atomic E-state index is 0.130. The number of rotatable bonds is 9. The summed E-state index contributed by atoms with van der Waals surface area (Å²) in [7, 11) is 0. The summed E-state index contributed by atoms with van der Waals surface area (Å²) in [6.07, 6.45) is 2.69. The van der Waals surface area contributed by atoms with E-state index in [-0.39, 0.29) is 29.2 Å². The average Bonchev–Trinajstić information content (AvgIpc) is 3.99. The van der Waals surface area contributed by atoms with Gasteiger partial charge in [0.25, 0.3) is 0 Å². The van der Waals surface area contributed by atoms with E-state index in [1.807, 2.05) is 9.80 Å². The summed E-state index contributed by atoms with van der Waals surface area (Å²) in [4.78, 5) is 80.9. The van der Waals surface area contributed by atoms with E-state index >= 15 is 0 Å². The average molecular weight is 853 g/mol. The van der Waals surface area contributed by atoms with Crippen molar-refractivity contribution in [3.8, 4) is 0 Å². The lowest BCUT2D eigenvalue weighted by molar-refractivity contribution is 0.0635. The van der Waals surface area contributed by atoms with Crippen LogP contribution in [0, 0.1) is 0 Å². The van der Waals surface area contributed by atoms with E-state index < -0.39 is 17.8 Å². The Balaban J connectivity index is 0.000000189. The number of Topliss-reactive ketones (excluding diaryl/α,β-unsaturated/α-hetero) is 4. The molecule has 4 N–H and O–H groups in total. The van der Waals surface area contributed by atoms with Crippen molar-refractivity contribution in [2.45, 2.75) is 72.0 Å². The first-order valence-electron chi connectivity index (χ1n) is 21.2. The Morgan fingerprint density at radius 3 is 1.19 bits per heavy atom. The van der Waals surface area contributed by atoms with Crippen molar-refractivity contribution in [2.75, 3.05) is 47.4 Å². The Kier molecular flexibility index (Phi) is 13.1. The SMILES string of the molecule is CC(C)(C)OC(=O)Nc1ccc(NC2=C(N3CCCC3)C(=O)c3ccccc3C2=O)cc1.CC(C)OC(=O)Nc1ccc(NC2=C(N3CCCC3)C(=O)c3ccccc3C2=O)cc1. The number of benzene rings is 4. The van der Waals surface area contributed by atoms with Crippen molar-refractivity contribution in [2.24, 2.45) is 0 Å². The van der Waals surface area contributed by atoms with Crippen molar-refractivity contribution in [3.05, 3.63) is 142 Å². The van der Waals surface area contributed by atoms with Crippen LogP contribution in [-0.4, -0.2) is 83.0 Å². The zero-order chi connectivity index (χ0) is 44.8. The molecule has 63 heavy (non-hydrogen) atoms. The molecule has 4 aromatic carbocycles. The fraction of sp³-hybridized carbons (Fsp3) is 0.306. The smallest absolute Gasteiger partial charge is 0.412 e. The Labute approximate surface area is 366 Å². The van der Waals surface area contributed by atoms with Crippen molar-refractivity contribution in [1.29, 1.82) is 0 Å². The molecule has 0 spiro atoms. The van der Waals surface area contributed by atoms with E-state index in [0.717, 1.165) is 51.9 Å². The van der Waals surface area contributed by atoms with Crippen molar-refractivity contribution < 1.29 is 38.2 Å². The molecule has 14 nitrogen and oxygen atoms in total. The highest BCUT2D eigenvalue weighted by molar-refractivity contribution is 6.28. The van der Waals surface area contributed by atoms with E-state index in [9.17, 15) is 28.8 Å². The van der Waals surface area contributed by atoms with Gasteiger partial charge >= 0.3 is 12.2 Å². The van der Waals surface area contributed by atoms with Crippen LogP contribution >= 0.6 is 0 Å². The number of nitrogens with one attached hydrogen (secondary N) is 4. The van der Waals surface area contributed by atoms with Crippen LogP contribution in [-0.2, 0) is 9.47 Å². The maximum absolute atomic E-state index is 13.3. The van der Waals surface area contributed by atoms with Crippen molar-refractivity contribution in [1.82, 2.24) is 9.80 Å². The van der Waals surface area contributed by atoms with E-state index in [4.69, 9.17) is 9.47 Å². The molecular formula is C49H52N6O8. The number of ether oxygens (including phenoxy) is 2. The number of allylic oxidation sites excluding steroid dienone is 4. The molecule has 0 unspecified atom stereocenters. The van der Waals surface area contributed by atoms with Gasteiger partial charge < -0.3 is 29.9 Å². The first kappa shape index (κ1) is 43.9. The van der Waals surface area contributed by atoms with Crippen LogP contribution < -0.4 is 21.3 Å². The molecule has 0 saturated carbocycles. The first-order chi connectivity index (χ1) is 30.2. The number of ketones is 4. The Morgan fingerprint density at radius 1 is 0.508 bits per heavy atom. The van der Waals surface area contributed by atoms with Gasteiger partial charge in [-0.25, -0.2) is 9.59 Å². The third kappa shape index (κ3) is 10.3. The highest BCUT2D eigenvalue weighted by Gasteiger charge is 2.37. The molecule has 2 aliphatic heterocycles. The largest absolute Gasteiger partial charge is 0.447 e. The predicted molar refractivity (Wildman–Crippen MR) is 241 cm³/mol. The number of nitrogens with zero attached hydrogens (tertiary/aromatic N) is 2. The molecule has 0 atom stereocenters. The molecule has 2 saturated heterocycles.